The molecule has 26 heavy (non-hydrogen) atoms. The predicted octanol–water partition coefficient (Wildman–Crippen LogP) is 4.36. The average Bonchev–Trinajstić information content (AvgIpc) is 2.97. The minimum absolute atomic E-state index is 0.148. The first-order chi connectivity index (χ1) is 12.5. The lowest BCUT2D eigenvalue weighted by Crippen LogP contribution is -2.44. The monoisotopic (exact) mass is 436 g/mol. The maximum absolute atomic E-state index is 13.5. The van der Waals surface area contributed by atoms with Crippen LogP contribution < -0.4 is 10.2 Å². The lowest BCUT2D eigenvalue weighted by Gasteiger charge is -2.29. The van der Waals surface area contributed by atoms with Gasteiger partial charge in [-0.3, -0.25) is 0 Å². The number of fused-ring (bicyclic) bond motifs is 1. The summed E-state index contributed by atoms with van der Waals surface area (Å²) in [6, 6.07) is 9.09. The van der Waals surface area contributed by atoms with Crippen LogP contribution in [0.2, 0.25) is 5.02 Å². The summed E-state index contributed by atoms with van der Waals surface area (Å²) < 4.78 is 16.8. The standard InChI is InChI=1S/C19H19BrClFN4/c1-12-8-18-17(10-14(12)20)24-19(25-6-4-23-5-7-25)26(18)11-13-2-3-16(22)15(21)9-13/h2-3,8-10,23H,4-7,11H2,1H3. The highest BCUT2D eigenvalue weighted by atomic mass is 79.9. The molecule has 0 unspecified atom stereocenters. The number of nitrogens with zero attached hydrogens (tertiary/aromatic N) is 3. The smallest absolute Gasteiger partial charge is 0.206 e. The number of halogens is 3. The molecule has 0 bridgehead atoms. The van der Waals surface area contributed by atoms with Gasteiger partial charge >= 0.3 is 0 Å². The number of aryl methyl sites for hydroxylation is 1. The van der Waals surface area contributed by atoms with Crippen LogP contribution in [-0.4, -0.2) is 35.7 Å². The number of imidazole rings is 1. The predicted molar refractivity (Wildman–Crippen MR) is 108 cm³/mol. The van der Waals surface area contributed by atoms with Gasteiger partial charge in [-0.05, 0) is 42.3 Å². The van der Waals surface area contributed by atoms with Crippen molar-refractivity contribution >= 4 is 44.5 Å². The number of nitrogens with one attached hydrogen (secondary N) is 1. The minimum Gasteiger partial charge on any atom is -0.340 e. The summed E-state index contributed by atoms with van der Waals surface area (Å²) in [5, 5.41) is 3.52. The summed E-state index contributed by atoms with van der Waals surface area (Å²) in [4.78, 5) is 7.19. The molecule has 0 radical (unpaired) electrons. The molecule has 1 saturated heterocycles. The third-order valence-electron chi connectivity index (χ3n) is 4.73. The Bertz CT molecular complexity index is 966. The number of rotatable bonds is 3. The Balaban J connectivity index is 1.83. The molecule has 1 aromatic heterocycles. The molecule has 2 aromatic carbocycles. The Morgan fingerprint density at radius 3 is 2.73 bits per heavy atom. The summed E-state index contributed by atoms with van der Waals surface area (Å²) in [6.07, 6.45) is 0. The van der Waals surface area contributed by atoms with Gasteiger partial charge in [0.05, 0.1) is 22.6 Å². The Kier molecular flexibility index (Phi) is 4.90. The van der Waals surface area contributed by atoms with E-state index in [-0.39, 0.29) is 5.02 Å². The second-order valence-electron chi connectivity index (χ2n) is 6.57. The van der Waals surface area contributed by atoms with E-state index < -0.39 is 5.82 Å². The number of hydrogen-bond acceptors (Lipinski definition) is 3. The molecule has 4 nitrogen and oxygen atoms in total. The summed E-state index contributed by atoms with van der Waals surface area (Å²) in [5.74, 6) is 0.549. The zero-order chi connectivity index (χ0) is 18.3. The van der Waals surface area contributed by atoms with E-state index in [2.05, 4.69) is 49.8 Å². The number of benzene rings is 2. The van der Waals surface area contributed by atoms with Crippen LogP contribution in [0.15, 0.2) is 34.8 Å². The average molecular weight is 438 g/mol. The summed E-state index contributed by atoms with van der Waals surface area (Å²) in [6.45, 7) is 6.36. The quantitative estimate of drug-likeness (QED) is 0.661. The number of piperazine rings is 1. The van der Waals surface area contributed by atoms with E-state index in [4.69, 9.17) is 16.6 Å². The van der Waals surface area contributed by atoms with Gasteiger partial charge in [0.15, 0.2) is 0 Å². The van der Waals surface area contributed by atoms with Gasteiger partial charge in [0.1, 0.15) is 5.82 Å². The van der Waals surface area contributed by atoms with Crippen LogP contribution in [-0.2, 0) is 6.54 Å². The zero-order valence-electron chi connectivity index (χ0n) is 14.4. The van der Waals surface area contributed by atoms with Gasteiger partial charge in [-0.25, -0.2) is 9.37 Å². The summed E-state index contributed by atoms with van der Waals surface area (Å²) in [7, 11) is 0. The van der Waals surface area contributed by atoms with Gasteiger partial charge in [-0.2, -0.15) is 0 Å². The van der Waals surface area contributed by atoms with Gasteiger partial charge in [-0.15, -0.1) is 0 Å². The largest absolute Gasteiger partial charge is 0.340 e. The lowest BCUT2D eigenvalue weighted by atomic mass is 10.2. The third-order valence-corrected chi connectivity index (χ3v) is 5.88. The molecule has 2 heterocycles. The SMILES string of the molecule is Cc1cc2c(cc1Br)nc(N1CCNCC1)n2Cc1ccc(F)c(Cl)c1. The molecule has 0 spiro atoms. The van der Waals surface area contributed by atoms with Crippen molar-refractivity contribution in [1.29, 1.82) is 0 Å². The molecule has 1 aliphatic heterocycles. The first-order valence-electron chi connectivity index (χ1n) is 8.59. The van der Waals surface area contributed by atoms with E-state index in [1.807, 2.05) is 0 Å². The van der Waals surface area contributed by atoms with E-state index in [0.29, 0.717) is 6.54 Å². The highest BCUT2D eigenvalue weighted by Gasteiger charge is 2.20. The molecule has 4 rings (SSSR count). The molecule has 1 aliphatic rings. The number of aromatic nitrogens is 2. The minimum atomic E-state index is -0.395. The van der Waals surface area contributed by atoms with Crippen molar-refractivity contribution in [2.24, 2.45) is 0 Å². The maximum atomic E-state index is 13.5. The molecular weight excluding hydrogens is 419 g/mol. The molecule has 3 aromatic rings. The van der Waals surface area contributed by atoms with Crippen molar-refractivity contribution in [2.45, 2.75) is 13.5 Å². The molecule has 7 heteroatoms. The van der Waals surface area contributed by atoms with Crippen molar-refractivity contribution in [1.82, 2.24) is 14.9 Å². The molecule has 1 N–H and O–H groups in total. The highest BCUT2D eigenvalue weighted by molar-refractivity contribution is 9.10. The fourth-order valence-electron chi connectivity index (χ4n) is 3.32. The van der Waals surface area contributed by atoms with Crippen LogP contribution in [0.1, 0.15) is 11.1 Å². The third kappa shape index (κ3) is 3.33. The number of hydrogen-bond donors (Lipinski definition) is 1. The summed E-state index contributed by atoms with van der Waals surface area (Å²) >= 11 is 9.58. The van der Waals surface area contributed by atoms with Gasteiger partial charge in [0.2, 0.25) is 5.95 Å². The van der Waals surface area contributed by atoms with Crippen LogP contribution in [0, 0.1) is 12.7 Å². The molecule has 0 atom stereocenters. The second-order valence-corrected chi connectivity index (χ2v) is 7.84. The maximum Gasteiger partial charge on any atom is 0.206 e. The van der Waals surface area contributed by atoms with E-state index in [1.165, 1.54) is 6.07 Å². The van der Waals surface area contributed by atoms with E-state index in [9.17, 15) is 4.39 Å². The zero-order valence-corrected chi connectivity index (χ0v) is 16.7. The van der Waals surface area contributed by atoms with Gasteiger partial charge in [0.25, 0.3) is 0 Å². The van der Waals surface area contributed by atoms with Crippen LogP contribution in [0.5, 0.6) is 0 Å². The summed E-state index contributed by atoms with van der Waals surface area (Å²) in [5.41, 5.74) is 4.12. The molecule has 0 saturated carbocycles. The number of anilines is 1. The first kappa shape index (κ1) is 17.8. The Morgan fingerprint density at radius 1 is 1.23 bits per heavy atom. The Labute approximate surface area is 165 Å². The molecule has 0 amide bonds. The van der Waals surface area contributed by atoms with Gasteiger partial charge in [-0.1, -0.05) is 33.6 Å². The van der Waals surface area contributed by atoms with E-state index in [1.54, 1.807) is 12.1 Å². The van der Waals surface area contributed by atoms with Crippen molar-refractivity contribution in [3.05, 3.63) is 56.8 Å². The first-order valence-corrected chi connectivity index (χ1v) is 9.76. The van der Waals surface area contributed by atoms with E-state index >= 15 is 0 Å². The van der Waals surface area contributed by atoms with Crippen molar-refractivity contribution in [2.75, 3.05) is 31.1 Å². The van der Waals surface area contributed by atoms with Crippen LogP contribution in [0.25, 0.3) is 11.0 Å². The van der Waals surface area contributed by atoms with Crippen LogP contribution >= 0.6 is 27.5 Å². The van der Waals surface area contributed by atoms with Crippen LogP contribution in [0.4, 0.5) is 10.3 Å². The fraction of sp³-hybridized carbons (Fsp3) is 0.316. The van der Waals surface area contributed by atoms with Gasteiger partial charge in [0, 0.05) is 30.7 Å². The molecule has 0 aliphatic carbocycles. The second kappa shape index (κ2) is 7.18. The van der Waals surface area contributed by atoms with Crippen LogP contribution in [0.3, 0.4) is 0 Å². The molecular formula is C19H19BrClFN4. The van der Waals surface area contributed by atoms with Crippen molar-refractivity contribution < 1.29 is 4.39 Å². The topological polar surface area (TPSA) is 33.1 Å². The lowest BCUT2D eigenvalue weighted by molar-refractivity contribution is 0.571. The Hall–Kier alpha value is -1.63. The van der Waals surface area contributed by atoms with Crippen molar-refractivity contribution in [3.8, 4) is 0 Å². The normalized spacial score (nSPS) is 15.0. The van der Waals surface area contributed by atoms with Gasteiger partial charge < -0.3 is 14.8 Å². The molecule has 1 fully saturated rings. The van der Waals surface area contributed by atoms with Crippen molar-refractivity contribution in [3.63, 3.8) is 0 Å². The Morgan fingerprint density at radius 2 is 2.00 bits per heavy atom. The fourth-order valence-corrected chi connectivity index (χ4v) is 3.85. The van der Waals surface area contributed by atoms with E-state index in [0.717, 1.165) is 58.8 Å². The molecule has 136 valence electrons. The highest BCUT2D eigenvalue weighted by Crippen LogP contribution is 2.29.